The molecule has 0 aliphatic heterocycles. The van der Waals surface area contributed by atoms with Crippen molar-refractivity contribution in [1.29, 1.82) is 0 Å². The number of fused-ring (bicyclic) bond motifs is 1. The van der Waals surface area contributed by atoms with Crippen molar-refractivity contribution in [3.8, 4) is 17.1 Å². The number of pyridine rings is 1. The van der Waals surface area contributed by atoms with Crippen molar-refractivity contribution in [2.24, 2.45) is 14.1 Å². The second kappa shape index (κ2) is 5.78. The molecule has 3 rings (SSSR count). The lowest BCUT2D eigenvalue weighted by Crippen LogP contribution is -3.00. The Morgan fingerprint density at radius 1 is 1.15 bits per heavy atom. The second-order valence-corrected chi connectivity index (χ2v) is 4.60. The average Bonchev–Trinajstić information content (AvgIpc) is 2.76. The highest BCUT2D eigenvalue weighted by Crippen LogP contribution is 2.25. The molecule has 2 aromatic heterocycles. The van der Waals surface area contributed by atoms with Gasteiger partial charge in [-0.05, 0) is 12.1 Å². The largest absolute Gasteiger partial charge is 1.00 e. The third-order valence-electron chi connectivity index (χ3n) is 3.32. The maximum absolute atomic E-state index is 5.24. The molecule has 0 aliphatic rings. The van der Waals surface area contributed by atoms with E-state index in [1.807, 2.05) is 49.3 Å². The Labute approximate surface area is 135 Å². The number of benzene rings is 1. The van der Waals surface area contributed by atoms with Crippen LogP contribution < -0.4 is 33.3 Å². The summed E-state index contributed by atoms with van der Waals surface area (Å²) in [5.74, 6) is 1.79. The molecule has 5 heteroatoms. The predicted molar refractivity (Wildman–Crippen MR) is 73.9 cm³/mol. The molecule has 0 N–H and O–H groups in total. The van der Waals surface area contributed by atoms with Gasteiger partial charge in [0.2, 0.25) is 0 Å². The van der Waals surface area contributed by atoms with Gasteiger partial charge in [0, 0.05) is 30.8 Å². The fraction of sp³-hybridized carbons (Fsp3) is 0.200. The molecule has 2 heterocycles. The Morgan fingerprint density at radius 3 is 2.50 bits per heavy atom. The van der Waals surface area contributed by atoms with Crippen molar-refractivity contribution in [3.05, 3.63) is 42.7 Å². The summed E-state index contributed by atoms with van der Waals surface area (Å²) in [4.78, 5) is 4.69. The van der Waals surface area contributed by atoms with Crippen molar-refractivity contribution in [2.75, 3.05) is 7.11 Å². The number of aromatic nitrogens is 3. The maximum atomic E-state index is 5.24. The Bertz CT molecular complexity index is 735. The molecule has 0 bridgehead atoms. The van der Waals surface area contributed by atoms with Gasteiger partial charge in [0.1, 0.15) is 18.6 Å². The number of nitrogens with zero attached hydrogens (tertiary/aromatic N) is 3. The van der Waals surface area contributed by atoms with Crippen LogP contribution in [0.3, 0.4) is 0 Å². The van der Waals surface area contributed by atoms with Crippen molar-refractivity contribution in [1.82, 2.24) is 9.55 Å². The SMILES string of the molecule is COc1ccc2c(c1)nc(-c1cc[n+](C)cc1)n2C.[I-]. The minimum atomic E-state index is 0. The summed E-state index contributed by atoms with van der Waals surface area (Å²) in [6, 6.07) is 10.1. The maximum Gasteiger partial charge on any atom is 0.169 e. The van der Waals surface area contributed by atoms with Gasteiger partial charge in [0.25, 0.3) is 0 Å². The van der Waals surface area contributed by atoms with Crippen molar-refractivity contribution >= 4 is 11.0 Å². The van der Waals surface area contributed by atoms with E-state index in [9.17, 15) is 0 Å². The van der Waals surface area contributed by atoms with Crippen LogP contribution in [0.5, 0.6) is 5.75 Å². The van der Waals surface area contributed by atoms with E-state index in [0.717, 1.165) is 28.2 Å². The quantitative estimate of drug-likeness (QED) is 0.425. The lowest BCUT2D eigenvalue weighted by Gasteiger charge is -2.01. The normalized spacial score (nSPS) is 10.3. The van der Waals surface area contributed by atoms with Gasteiger partial charge >= 0.3 is 0 Å². The monoisotopic (exact) mass is 381 g/mol. The van der Waals surface area contributed by atoms with Gasteiger partial charge in [-0.1, -0.05) is 0 Å². The van der Waals surface area contributed by atoms with Crippen LogP contribution in [0.2, 0.25) is 0 Å². The molecule has 0 spiro atoms. The van der Waals surface area contributed by atoms with Crippen LogP contribution in [0, 0.1) is 0 Å². The first-order valence-electron chi connectivity index (χ1n) is 6.15. The first-order valence-corrected chi connectivity index (χ1v) is 6.15. The average molecular weight is 381 g/mol. The molecule has 0 saturated heterocycles. The minimum Gasteiger partial charge on any atom is -1.00 e. The van der Waals surface area contributed by atoms with E-state index in [1.165, 1.54) is 0 Å². The molecule has 1 aromatic carbocycles. The zero-order chi connectivity index (χ0) is 13.4. The summed E-state index contributed by atoms with van der Waals surface area (Å²) in [5.41, 5.74) is 3.16. The van der Waals surface area contributed by atoms with Crippen LogP contribution in [-0.2, 0) is 14.1 Å². The molecule has 0 unspecified atom stereocenters. The van der Waals surface area contributed by atoms with Crippen molar-refractivity contribution < 1.29 is 33.3 Å². The molecule has 0 fully saturated rings. The zero-order valence-electron chi connectivity index (χ0n) is 11.7. The van der Waals surface area contributed by atoms with Gasteiger partial charge < -0.3 is 33.3 Å². The summed E-state index contributed by atoms with van der Waals surface area (Å²) in [6.07, 6.45) is 4.05. The second-order valence-electron chi connectivity index (χ2n) is 4.60. The third-order valence-corrected chi connectivity index (χ3v) is 3.32. The molecule has 0 atom stereocenters. The van der Waals surface area contributed by atoms with Crippen LogP contribution in [0.1, 0.15) is 0 Å². The molecular weight excluding hydrogens is 365 g/mol. The summed E-state index contributed by atoms with van der Waals surface area (Å²) in [6.45, 7) is 0. The first-order chi connectivity index (χ1) is 9.19. The fourth-order valence-corrected chi connectivity index (χ4v) is 2.21. The van der Waals surface area contributed by atoms with Gasteiger partial charge in [0.05, 0.1) is 18.1 Å². The van der Waals surface area contributed by atoms with Gasteiger partial charge in [0.15, 0.2) is 12.4 Å². The molecule has 3 aromatic rings. The van der Waals surface area contributed by atoms with Crippen LogP contribution in [0.25, 0.3) is 22.4 Å². The lowest BCUT2D eigenvalue weighted by atomic mass is 10.2. The molecule has 20 heavy (non-hydrogen) atoms. The van der Waals surface area contributed by atoms with E-state index in [0.29, 0.717) is 0 Å². The lowest BCUT2D eigenvalue weighted by molar-refractivity contribution is -0.671. The molecule has 104 valence electrons. The Kier molecular flexibility index (Phi) is 4.27. The number of aryl methyl sites for hydroxylation is 2. The number of halogens is 1. The molecule has 0 aliphatic carbocycles. The van der Waals surface area contributed by atoms with E-state index in [2.05, 4.69) is 16.7 Å². The van der Waals surface area contributed by atoms with Gasteiger partial charge in [-0.3, -0.25) is 0 Å². The van der Waals surface area contributed by atoms with E-state index in [4.69, 9.17) is 9.72 Å². The van der Waals surface area contributed by atoms with E-state index in [-0.39, 0.29) is 24.0 Å². The highest BCUT2D eigenvalue weighted by molar-refractivity contribution is 5.81. The smallest absolute Gasteiger partial charge is 0.169 e. The van der Waals surface area contributed by atoms with Crippen LogP contribution in [0.15, 0.2) is 42.7 Å². The minimum absolute atomic E-state index is 0. The third kappa shape index (κ3) is 2.49. The molecule has 0 amide bonds. The summed E-state index contributed by atoms with van der Waals surface area (Å²) >= 11 is 0. The number of ether oxygens (including phenoxy) is 1. The summed E-state index contributed by atoms with van der Waals surface area (Å²) in [5, 5.41) is 0. The van der Waals surface area contributed by atoms with Gasteiger partial charge in [-0.2, -0.15) is 0 Å². The van der Waals surface area contributed by atoms with Gasteiger partial charge in [-0.15, -0.1) is 0 Å². The highest BCUT2D eigenvalue weighted by atomic mass is 127. The van der Waals surface area contributed by atoms with Crippen molar-refractivity contribution in [3.63, 3.8) is 0 Å². The van der Waals surface area contributed by atoms with Crippen LogP contribution >= 0.6 is 0 Å². The number of imidazole rings is 1. The van der Waals surface area contributed by atoms with E-state index < -0.39 is 0 Å². The number of hydrogen-bond donors (Lipinski definition) is 0. The molecule has 4 nitrogen and oxygen atoms in total. The number of rotatable bonds is 2. The van der Waals surface area contributed by atoms with Crippen LogP contribution in [-0.4, -0.2) is 16.7 Å². The Hall–Kier alpha value is -1.63. The van der Waals surface area contributed by atoms with E-state index in [1.54, 1.807) is 7.11 Å². The summed E-state index contributed by atoms with van der Waals surface area (Å²) < 4.78 is 9.35. The number of hydrogen-bond acceptors (Lipinski definition) is 2. The first kappa shape index (κ1) is 14.8. The van der Waals surface area contributed by atoms with Crippen LogP contribution in [0.4, 0.5) is 0 Å². The molecule has 0 saturated carbocycles. The number of methoxy groups -OCH3 is 1. The summed E-state index contributed by atoms with van der Waals surface area (Å²) in [7, 11) is 5.70. The molecular formula is C15H16IN3O. The zero-order valence-corrected chi connectivity index (χ0v) is 13.8. The topological polar surface area (TPSA) is 30.9 Å². The van der Waals surface area contributed by atoms with Gasteiger partial charge in [-0.25, -0.2) is 9.55 Å². The fourth-order valence-electron chi connectivity index (χ4n) is 2.21. The Balaban J connectivity index is 0.00000147. The van der Waals surface area contributed by atoms with Crippen molar-refractivity contribution in [2.45, 2.75) is 0 Å². The Morgan fingerprint density at radius 2 is 1.85 bits per heavy atom. The standard InChI is InChI=1S/C15H16N3O.HI/c1-17-8-6-11(7-9-17)15-16-13-10-12(19-3)4-5-14(13)18(15)2;/h4-10H,1-3H3;1H/q+1;/p-1. The predicted octanol–water partition coefficient (Wildman–Crippen LogP) is -0.923. The highest BCUT2D eigenvalue weighted by Gasteiger charge is 2.11. The van der Waals surface area contributed by atoms with E-state index >= 15 is 0 Å². The molecule has 0 radical (unpaired) electrons.